The molecule has 5 rings (SSSR count). The number of fused-ring (bicyclic) bond motifs is 1. The standard InChI is InChI=1S/C22H23N5O2/c1-15-11-18(24-29-15)14-26-10-4-7-20(26)22-21-9-8-17(13-27(21)25-23-22)16-5-3-6-19(12-16)28-2/h3,5-6,8-9,11-13,20H,4,7,10,14H2,1-2H3/t20-/m0/s1. The molecule has 3 aromatic heterocycles. The predicted molar refractivity (Wildman–Crippen MR) is 109 cm³/mol. The van der Waals surface area contributed by atoms with Crippen molar-refractivity contribution in [1.29, 1.82) is 0 Å². The van der Waals surface area contributed by atoms with Gasteiger partial charge in [0.15, 0.2) is 0 Å². The van der Waals surface area contributed by atoms with E-state index in [9.17, 15) is 0 Å². The average molecular weight is 389 g/mol. The van der Waals surface area contributed by atoms with Gasteiger partial charge in [-0.3, -0.25) is 4.90 Å². The molecule has 0 spiro atoms. The number of ether oxygens (including phenoxy) is 1. The minimum atomic E-state index is 0.243. The van der Waals surface area contributed by atoms with Crippen molar-refractivity contribution < 1.29 is 9.26 Å². The summed E-state index contributed by atoms with van der Waals surface area (Å²) in [5.41, 5.74) is 5.21. The number of aromatic nitrogens is 4. The van der Waals surface area contributed by atoms with Crippen molar-refractivity contribution in [2.24, 2.45) is 0 Å². The second-order valence-corrected chi connectivity index (χ2v) is 7.51. The molecule has 1 fully saturated rings. The van der Waals surface area contributed by atoms with Gasteiger partial charge in [0.2, 0.25) is 0 Å². The molecule has 1 atom stereocenters. The second kappa shape index (κ2) is 7.33. The van der Waals surface area contributed by atoms with E-state index >= 15 is 0 Å². The Labute approximate surface area is 168 Å². The van der Waals surface area contributed by atoms with E-state index in [4.69, 9.17) is 9.26 Å². The zero-order valence-electron chi connectivity index (χ0n) is 16.6. The number of hydrogen-bond acceptors (Lipinski definition) is 6. The van der Waals surface area contributed by atoms with Crippen LogP contribution in [0, 0.1) is 6.92 Å². The molecule has 0 unspecified atom stereocenters. The third-order valence-electron chi connectivity index (χ3n) is 5.56. The van der Waals surface area contributed by atoms with Crippen LogP contribution in [0.3, 0.4) is 0 Å². The Morgan fingerprint density at radius 1 is 1.17 bits per heavy atom. The van der Waals surface area contributed by atoms with Crippen molar-refractivity contribution in [1.82, 2.24) is 24.9 Å². The van der Waals surface area contributed by atoms with Gasteiger partial charge in [0.25, 0.3) is 0 Å². The number of hydrogen-bond donors (Lipinski definition) is 0. The first-order chi connectivity index (χ1) is 14.2. The van der Waals surface area contributed by atoms with Crippen molar-refractivity contribution in [3.05, 3.63) is 65.8 Å². The lowest BCUT2D eigenvalue weighted by Gasteiger charge is -2.21. The number of nitrogens with zero attached hydrogens (tertiary/aromatic N) is 5. The van der Waals surface area contributed by atoms with Gasteiger partial charge in [-0.2, -0.15) is 0 Å². The van der Waals surface area contributed by atoms with E-state index in [-0.39, 0.29) is 6.04 Å². The Morgan fingerprint density at radius 3 is 2.93 bits per heavy atom. The number of benzene rings is 1. The monoisotopic (exact) mass is 389 g/mol. The normalized spacial score (nSPS) is 17.2. The van der Waals surface area contributed by atoms with Gasteiger partial charge in [0.05, 0.1) is 24.4 Å². The number of pyridine rings is 1. The summed E-state index contributed by atoms with van der Waals surface area (Å²) in [4.78, 5) is 2.41. The quantitative estimate of drug-likeness (QED) is 0.513. The number of likely N-dealkylation sites (tertiary alicyclic amines) is 1. The average Bonchev–Trinajstić information content (AvgIpc) is 3.47. The Kier molecular flexibility index (Phi) is 4.52. The van der Waals surface area contributed by atoms with Crippen LogP contribution in [0.1, 0.15) is 36.0 Å². The van der Waals surface area contributed by atoms with Gasteiger partial charge in [-0.05, 0) is 50.1 Å². The maximum Gasteiger partial charge on any atom is 0.133 e. The van der Waals surface area contributed by atoms with Crippen LogP contribution >= 0.6 is 0 Å². The zero-order valence-corrected chi connectivity index (χ0v) is 16.6. The zero-order chi connectivity index (χ0) is 19.8. The summed E-state index contributed by atoms with van der Waals surface area (Å²) in [6, 6.07) is 14.5. The van der Waals surface area contributed by atoms with Crippen LogP contribution in [0.25, 0.3) is 16.6 Å². The molecule has 0 saturated carbocycles. The summed E-state index contributed by atoms with van der Waals surface area (Å²) >= 11 is 0. The van der Waals surface area contributed by atoms with E-state index in [0.717, 1.165) is 65.5 Å². The molecule has 7 heteroatoms. The highest BCUT2D eigenvalue weighted by Crippen LogP contribution is 2.34. The number of methoxy groups -OCH3 is 1. The molecule has 1 aliphatic rings. The molecule has 1 aromatic carbocycles. The minimum absolute atomic E-state index is 0.243. The smallest absolute Gasteiger partial charge is 0.133 e. The molecule has 29 heavy (non-hydrogen) atoms. The molecule has 4 heterocycles. The summed E-state index contributed by atoms with van der Waals surface area (Å²) in [6.45, 7) is 3.71. The SMILES string of the molecule is COc1cccc(-c2ccc3c([C@@H]4CCCN4Cc4cc(C)on4)nnn3c2)c1. The lowest BCUT2D eigenvalue weighted by Crippen LogP contribution is -2.23. The molecule has 0 amide bonds. The molecule has 0 bridgehead atoms. The maximum absolute atomic E-state index is 5.35. The first-order valence-electron chi connectivity index (χ1n) is 9.87. The molecule has 1 saturated heterocycles. The van der Waals surface area contributed by atoms with Crippen molar-refractivity contribution >= 4 is 5.52 Å². The topological polar surface area (TPSA) is 68.7 Å². The molecular weight excluding hydrogens is 366 g/mol. The van der Waals surface area contributed by atoms with Crippen LogP contribution in [-0.4, -0.2) is 38.5 Å². The van der Waals surface area contributed by atoms with Crippen LogP contribution in [0.15, 0.2) is 53.2 Å². The van der Waals surface area contributed by atoms with Crippen molar-refractivity contribution in [3.8, 4) is 16.9 Å². The molecule has 1 aliphatic heterocycles. The first-order valence-corrected chi connectivity index (χ1v) is 9.87. The van der Waals surface area contributed by atoms with E-state index in [1.165, 1.54) is 0 Å². The molecule has 0 aliphatic carbocycles. The fraction of sp³-hybridized carbons (Fsp3) is 0.318. The fourth-order valence-electron chi connectivity index (χ4n) is 4.15. The van der Waals surface area contributed by atoms with Crippen LogP contribution in [-0.2, 0) is 6.54 Å². The van der Waals surface area contributed by atoms with Crippen molar-refractivity contribution in [2.45, 2.75) is 32.4 Å². The summed E-state index contributed by atoms with van der Waals surface area (Å²) in [5.74, 6) is 1.68. The van der Waals surface area contributed by atoms with E-state index in [1.54, 1.807) is 7.11 Å². The summed E-state index contributed by atoms with van der Waals surface area (Å²) < 4.78 is 12.4. The summed E-state index contributed by atoms with van der Waals surface area (Å²) in [7, 11) is 1.68. The van der Waals surface area contributed by atoms with Gasteiger partial charge in [0, 0.05) is 24.4 Å². The molecule has 7 nitrogen and oxygen atoms in total. The lowest BCUT2D eigenvalue weighted by atomic mass is 10.1. The molecule has 148 valence electrons. The Morgan fingerprint density at radius 2 is 2.10 bits per heavy atom. The third kappa shape index (κ3) is 3.38. The van der Waals surface area contributed by atoms with Crippen LogP contribution in [0.4, 0.5) is 0 Å². The van der Waals surface area contributed by atoms with Gasteiger partial charge in [-0.25, -0.2) is 4.52 Å². The molecular formula is C22H23N5O2. The number of aryl methyl sites for hydroxylation is 1. The van der Waals surface area contributed by atoms with Gasteiger partial charge in [-0.1, -0.05) is 28.6 Å². The largest absolute Gasteiger partial charge is 0.497 e. The summed E-state index contributed by atoms with van der Waals surface area (Å²) in [6.07, 6.45) is 4.24. The molecule has 0 radical (unpaired) electrons. The van der Waals surface area contributed by atoms with Gasteiger partial charge in [-0.15, -0.1) is 5.10 Å². The molecule has 4 aromatic rings. The Balaban J connectivity index is 1.44. The van der Waals surface area contributed by atoms with Gasteiger partial charge >= 0.3 is 0 Å². The van der Waals surface area contributed by atoms with Crippen LogP contribution < -0.4 is 4.74 Å². The first kappa shape index (κ1) is 17.9. The second-order valence-electron chi connectivity index (χ2n) is 7.51. The van der Waals surface area contributed by atoms with Gasteiger partial charge < -0.3 is 9.26 Å². The van der Waals surface area contributed by atoms with Crippen molar-refractivity contribution in [2.75, 3.05) is 13.7 Å². The molecule has 0 N–H and O–H groups in total. The van der Waals surface area contributed by atoms with Gasteiger partial charge in [0.1, 0.15) is 17.2 Å². The third-order valence-corrected chi connectivity index (χ3v) is 5.56. The Bertz CT molecular complexity index is 1150. The highest BCUT2D eigenvalue weighted by atomic mass is 16.5. The van der Waals surface area contributed by atoms with E-state index < -0.39 is 0 Å². The van der Waals surface area contributed by atoms with E-state index in [2.05, 4.69) is 38.6 Å². The summed E-state index contributed by atoms with van der Waals surface area (Å²) in [5, 5.41) is 13.1. The highest BCUT2D eigenvalue weighted by Gasteiger charge is 2.30. The Hall–Kier alpha value is -3.19. The lowest BCUT2D eigenvalue weighted by molar-refractivity contribution is 0.237. The van der Waals surface area contributed by atoms with Crippen LogP contribution in [0.5, 0.6) is 5.75 Å². The minimum Gasteiger partial charge on any atom is -0.497 e. The van der Waals surface area contributed by atoms with E-state index in [0.29, 0.717) is 0 Å². The van der Waals surface area contributed by atoms with E-state index in [1.807, 2.05) is 41.9 Å². The highest BCUT2D eigenvalue weighted by molar-refractivity contribution is 5.67. The van der Waals surface area contributed by atoms with Crippen LogP contribution in [0.2, 0.25) is 0 Å². The maximum atomic E-state index is 5.35. The van der Waals surface area contributed by atoms with Crippen molar-refractivity contribution in [3.63, 3.8) is 0 Å². The number of rotatable bonds is 5. The predicted octanol–water partition coefficient (Wildman–Crippen LogP) is 4.04. The fourth-order valence-corrected chi connectivity index (χ4v) is 4.15.